The van der Waals surface area contributed by atoms with E-state index in [4.69, 9.17) is 10.5 Å². The van der Waals surface area contributed by atoms with Crippen molar-refractivity contribution in [2.45, 2.75) is 43.6 Å². The lowest BCUT2D eigenvalue weighted by Crippen LogP contribution is -2.28. The number of hydrogen-bond acceptors (Lipinski definition) is 4. The summed E-state index contributed by atoms with van der Waals surface area (Å²) in [5.74, 6) is 1.11. The molecule has 0 amide bonds. The SMILES string of the molecule is CC1CCCCC1Oc1ccc(S(C)(=O)=O)cc1N. The van der Waals surface area contributed by atoms with Crippen molar-refractivity contribution in [3.8, 4) is 5.75 Å². The molecule has 2 rings (SSSR count). The molecule has 0 heterocycles. The van der Waals surface area contributed by atoms with E-state index >= 15 is 0 Å². The van der Waals surface area contributed by atoms with Gasteiger partial charge in [-0.05, 0) is 43.4 Å². The second kappa shape index (κ2) is 5.41. The molecule has 1 fully saturated rings. The Bertz CT molecular complexity index is 554. The van der Waals surface area contributed by atoms with Crippen molar-refractivity contribution < 1.29 is 13.2 Å². The second-order valence-electron chi connectivity index (χ2n) is 5.39. The number of rotatable bonds is 3. The molecule has 1 aromatic carbocycles. The number of nitrogen functional groups attached to an aromatic ring is 1. The molecule has 0 bridgehead atoms. The van der Waals surface area contributed by atoms with Crippen LogP contribution in [0.5, 0.6) is 5.75 Å². The van der Waals surface area contributed by atoms with Gasteiger partial charge in [-0.2, -0.15) is 0 Å². The molecule has 0 aliphatic heterocycles. The summed E-state index contributed by atoms with van der Waals surface area (Å²) in [6, 6.07) is 4.68. The van der Waals surface area contributed by atoms with Crippen molar-refractivity contribution in [3.05, 3.63) is 18.2 Å². The average molecular weight is 283 g/mol. The minimum Gasteiger partial charge on any atom is -0.488 e. The fourth-order valence-corrected chi connectivity index (χ4v) is 3.14. The lowest BCUT2D eigenvalue weighted by atomic mass is 9.88. The Hall–Kier alpha value is -1.23. The Kier molecular flexibility index (Phi) is 4.04. The molecular weight excluding hydrogens is 262 g/mol. The zero-order valence-electron chi connectivity index (χ0n) is 11.4. The van der Waals surface area contributed by atoms with Gasteiger partial charge in [-0.1, -0.05) is 13.3 Å². The van der Waals surface area contributed by atoms with Crippen LogP contribution in [0, 0.1) is 5.92 Å². The Labute approximate surface area is 114 Å². The number of benzene rings is 1. The Morgan fingerprint density at radius 2 is 1.95 bits per heavy atom. The summed E-state index contributed by atoms with van der Waals surface area (Å²) < 4.78 is 28.8. The first-order valence-electron chi connectivity index (χ1n) is 6.64. The van der Waals surface area contributed by atoms with Crippen LogP contribution < -0.4 is 10.5 Å². The fraction of sp³-hybridized carbons (Fsp3) is 0.571. The summed E-state index contributed by atoms with van der Waals surface area (Å²) >= 11 is 0. The second-order valence-corrected chi connectivity index (χ2v) is 7.41. The Balaban J connectivity index is 2.17. The zero-order chi connectivity index (χ0) is 14.0. The van der Waals surface area contributed by atoms with Crippen molar-refractivity contribution in [1.82, 2.24) is 0 Å². The Morgan fingerprint density at radius 3 is 2.53 bits per heavy atom. The van der Waals surface area contributed by atoms with Gasteiger partial charge in [0.1, 0.15) is 11.9 Å². The maximum Gasteiger partial charge on any atom is 0.175 e. The summed E-state index contributed by atoms with van der Waals surface area (Å²) in [6.45, 7) is 2.19. The van der Waals surface area contributed by atoms with E-state index in [0.29, 0.717) is 17.4 Å². The van der Waals surface area contributed by atoms with Gasteiger partial charge in [-0.25, -0.2) is 8.42 Å². The van der Waals surface area contributed by atoms with E-state index in [0.717, 1.165) is 6.42 Å². The monoisotopic (exact) mass is 283 g/mol. The summed E-state index contributed by atoms with van der Waals surface area (Å²) in [5.41, 5.74) is 6.28. The Morgan fingerprint density at radius 1 is 1.26 bits per heavy atom. The average Bonchev–Trinajstić information content (AvgIpc) is 2.33. The molecule has 1 saturated carbocycles. The predicted octanol–water partition coefficient (Wildman–Crippen LogP) is 2.63. The van der Waals surface area contributed by atoms with Crippen molar-refractivity contribution in [3.63, 3.8) is 0 Å². The third-order valence-corrected chi connectivity index (χ3v) is 4.83. The van der Waals surface area contributed by atoms with E-state index in [2.05, 4.69) is 6.92 Å². The van der Waals surface area contributed by atoms with E-state index in [1.165, 1.54) is 31.6 Å². The summed E-state index contributed by atoms with van der Waals surface area (Å²) in [4.78, 5) is 0.231. The number of ether oxygens (including phenoxy) is 1. The van der Waals surface area contributed by atoms with Gasteiger partial charge in [0.2, 0.25) is 0 Å². The number of sulfone groups is 1. The first-order chi connectivity index (χ1) is 8.88. The number of anilines is 1. The van der Waals surface area contributed by atoms with E-state index in [1.54, 1.807) is 12.1 Å². The van der Waals surface area contributed by atoms with E-state index in [9.17, 15) is 8.42 Å². The molecule has 1 aromatic rings. The molecule has 4 nitrogen and oxygen atoms in total. The fourth-order valence-electron chi connectivity index (χ4n) is 2.48. The molecule has 19 heavy (non-hydrogen) atoms. The largest absolute Gasteiger partial charge is 0.488 e. The van der Waals surface area contributed by atoms with Crippen LogP contribution in [0.1, 0.15) is 32.6 Å². The summed E-state index contributed by atoms with van der Waals surface area (Å²) in [6.07, 6.45) is 5.99. The van der Waals surface area contributed by atoms with Crippen LogP contribution in [-0.4, -0.2) is 20.8 Å². The van der Waals surface area contributed by atoms with Crippen LogP contribution in [0.4, 0.5) is 5.69 Å². The molecule has 0 saturated heterocycles. The third kappa shape index (κ3) is 3.41. The van der Waals surface area contributed by atoms with E-state index in [-0.39, 0.29) is 11.0 Å². The van der Waals surface area contributed by atoms with Gasteiger partial charge in [0.05, 0.1) is 10.6 Å². The third-order valence-electron chi connectivity index (χ3n) is 3.72. The maximum absolute atomic E-state index is 11.4. The summed E-state index contributed by atoms with van der Waals surface area (Å²) in [5, 5.41) is 0. The highest BCUT2D eigenvalue weighted by atomic mass is 32.2. The van der Waals surface area contributed by atoms with Crippen LogP contribution in [0.25, 0.3) is 0 Å². The van der Waals surface area contributed by atoms with Crippen molar-refractivity contribution in [2.75, 3.05) is 12.0 Å². The van der Waals surface area contributed by atoms with Crippen LogP contribution in [0.15, 0.2) is 23.1 Å². The van der Waals surface area contributed by atoms with Gasteiger partial charge in [-0.3, -0.25) is 0 Å². The first kappa shape index (κ1) is 14.2. The van der Waals surface area contributed by atoms with Crippen LogP contribution in [0.3, 0.4) is 0 Å². The standard InChI is InChI=1S/C14H21NO3S/c1-10-5-3-4-6-13(10)18-14-8-7-11(9-12(14)15)19(2,16)17/h7-10,13H,3-6,15H2,1-2H3. The molecule has 2 atom stereocenters. The molecule has 1 aliphatic rings. The van der Waals surface area contributed by atoms with Crippen molar-refractivity contribution in [1.29, 1.82) is 0 Å². The lowest BCUT2D eigenvalue weighted by Gasteiger charge is -2.29. The topological polar surface area (TPSA) is 69.4 Å². The normalized spacial score (nSPS) is 24.1. The zero-order valence-corrected chi connectivity index (χ0v) is 12.2. The highest BCUT2D eigenvalue weighted by Gasteiger charge is 2.23. The van der Waals surface area contributed by atoms with E-state index < -0.39 is 9.84 Å². The molecule has 2 N–H and O–H groups in total. The molecule has 106 valence electrons. The quantitative estimate of drug-likeness (QED) is 0.866. The molecule has 0 aromatic heterocycles. The van der Waals surface area contributed by atoms with Crippen molar-refractivity contribution in [2.24, 2.45) is 5.92 Å². The minimum atomic E-state index is -3.22. The summed E-state index contributed by atoms with van der Waals surface area (Å²) in [7, 11) is -3.22. The van der Waals surface area contributed by atoms with Crippen LogP contribution in [0.2, 0.25) is 0 Å². The smallest absolute Gasteiger partial charge is 0.175 e. The molecule has 0 spiro atoms. The van der Waals surface area contributed by atoms with Gasteiger partial charge in [0, 0.05) is 6.26 Å². The highest BCUT2D eigenvalue weighted by Crippen LogP contribution is 2.31. The van der Waals surface area contributed by atoms with Gasteiger partial charge in [-0.15, -0.1) is 0 Å². The molecule has 5 heteroatoms. The molecule has 0 radical (unpaired) electrons. The maximum atomic E-state index is 11.4. The van der Waals surface area contributed by atoms with Gasteiger partial charge >= 0.3 is 0 Å². The predicted molar refractivity (Wildman–Crippen MR) is 76.0 cm³/mol. The first-order valence-corrected chi connectivity index (χ1v) is 8.53. The van der Waals surface area contributed by atoms with Crippen LogP contribution in [-0.2, 0) is 9.84 Å². The minimum absolute atomic E-state index is 0.181. The molecule has 1 aliphatic carbocycles. The molecule has 2 unspecified atom stereocenters. The molecular formula is C14H21NO3S. The highest BCUT2D eigenvalue weighted by molar-refractivity contribution is 7.90. The number of nitrogens with two attached hydrogens (primary N) is 1. The van der Waals surface area contributed by atoms with E-state index in [1.807, 2.05) is 0 Å². The lowest BCUT2D eigenvalue weighted by molar-refractivity contribution is 0.103. The van der Waals surface area contributed by atoms with Crippen LogP contribution >= 0.6 is 0 Å². The van der Waals surface area contributed by atoms with Gasteiger partial charge < -0.3 is 10.5 Å². The van der Waals surface area contributed by atoms with Crippen molar-refractivity contribution >= 4 is 15.5 Å². The van der Waals surface area contributed by atoms with Gasteiger partial charge in [0.25, 0.3) is 0 Å². The van der Waals surface area contributed by atoms with Gasteiger partial charge in [0.15, 0.2) is 9.84 Å². The number of hydrogen-bond donors (Lipinski definition) is 1.